The quantitative estimate of drug-likeness (QED) is 0.907. The predicted molar refractivity (Wildman–Crippen MR) is 81.4 cm³/mol. The highest BCUT2D eigenvalue weighted by molar-refractivity contribution is 7.89. The summed E-state index contributed by atoms with van der Waals surface area (Å²) in [5.74, 6) is -1.61. The zero-order valence-electron chi connectivity index (χ0n) is 12.3. The second-order valence-corrected chi connectivity index (χ2v) is 7.90. The molecule has 5 nitrogen and oxygen atoms in total. The third kappa shape index (κ3) is 3.11. The minimum atomic E-state index is -3.92. The second kappa shape index (κ2) is 6.14. The Kier molecular flexibility index (Phi) is 4.79. The monoisotopic (exact) mass is 348 g/mol. The van der Waals surface area contributed by atoms with Crippen molar-refractivity contribution in [2.45, 2.75) is 37.6 Å². The minimum absolute atomic E-state index is 0.0194. The van der Waals surface area contributed by atoms with Gasteiger partial charge in [-0.3, -0.25) is 4.79 Å². The van der Waals surface area contributed by atoms with Gasteiger partial charge in [0.25, 0.3) is 0 Å². The number of carbonyl (C=O) groups excluding carboxylic acids is 1. The van der Waals surface area contributed by atoms with Crippen LogP contribution in [0.5, 0.6) is 0 Å². The van der Waals surface area contributed by atoms with Gasteiger partial charge >= 0.3 is 0 Å². The highest BCUT2D eigenvalue weighted by Crippen LogP contribution is 2.32. The SMILES string of the molecule is Cc1cc(S(=O)(=O)N2CC(C(N)=O)CCC2C)c(Cl)cc1F. The summed E-state index contributed by atoms with van der Waals surface area (Å²) in [6.45, 7) is 3.25. The summed E-state index contributed by atoms with van der Waals surface area (Å²) in [6.07, 6.45) is 1.09. The Bertz CT molecular complexity index is 708. The van der Waals surface area contributed by atoms with Crippen LogP contribution in [-0.4, -0.2) is 31.2 Å². The number of nitrogens with zero attached hydrogens (tertiary/aromatic N) is 1. The molecule has 1 amide bonds. The number of carbonyl (C=O) groups is 1. The van der Waals surface area contributed by atoms with Gasteiger partial charge in [0.1, 0.15) is 10.7 Å². The fraction of sp³-hybridized carbons (Fsp3) is 0.500. The molecule has 122 valence electrons. The molecule has 0 radical (unpaired) electrons. The van der Waals surface area contributed by atoms with Crippen LogP contribution in [0.3, 0.4) is 0 Å². The summed E-state index contributed by atoms with van der Waals surface area (Å²) in [7, 11) is -3.92. The van der Waals surface area contributed by atoms with Crippen molar-refractivity contribution in [2.24, 2.45) is 11.7 Å². The number of hydrogen-bond acceptors (Lipinski definition) is 3. The Morgan fingerprint density at radius 1 is 1.41 bits per heavy atom. The first-order chi connectivity index (χ1) is 10.1. The van der Waals surface area contributed by atoms with E-state index in [0.717, 1.165) is 6.07 Å². The molecule has 1 heterocycles. The molecule has 2 N–H and O–H groups in total. The summed E-state index contributed by atoms with van der Waals surface area (Å²) >= 11 is 5.91. The van der Waals surface area contributed by atoms with Gasteiger partial charge in [-0.05, 0) is 44.4 Å². The second-order valence-electron chi connectivity index (χ2n) is 5.63. The van der Waals surface area contributed by atoms with Gasteiger partial charge < -0.3 is 5.73 Å². The van der Waals surface area contributed by atoms with Crippen LogP contribution in [0, 0.1) is 18.7 Å². The summed E-state index contributed by atoms with van der Waals surface area (Å²) < 4.78 is 40.3. The normalized spacial score (nSPS) is 23.5. The molecule has 0 aromatic heterocycles. The van der Waals surface area contributed by atoms with E-state index in [1.54, 1.807) is 6.92 Å². The Morgan fingerprint density at radius 2 is 2.05 bits per heavy atom. The summed E-state index contributed by atoms with van der Waals surface area (Å²) in [6, 6.07) is 1.93. The van der Waals surface area contributed by atoms with E-state index < -0.39 is 27.7 Å². The van der Waals surface area contributed by atoms with Gasteiger partial charge in [0.2, 0.25) is 15.9 Å². The molecule has 0 aliphatic carbocycles. The molecule has 2 unspecified atom stereocenters. The molecule has 0 saturated carbocycles. The van der Waals surface area contributed by atoms with Crippen LogP contribution in [0.2, 0.25) is 5.02 Å². The third-order valence-corrected chi connectivity index (χ3v) is 6.47. The van der Waals surface area contributed by atoms with Crippen LogP contribution in [0.25, 0.3) is 0 Å². The Labute approximate surface area is 134 Å². The Hall–Kier alpha value is -1.18. The predicted octanol–water partition coefficient (Wildman–Crippen LogP) is 2.06. The van der Waals surface area contributed by atoms with E-state index in [0.29, 0.717) is 12.8 Å². The van der Waals surface area contributed by atoms with Crippen LogP contribution in [-0.2, 0) is 14.8 Å². The first-order valence-corrected chi connectivity index (χ1v) is 8.73. The number of aryl methyl sites for hydroxylation is 1. The highest BCUT2D eigenvalue weighted by Gasteiger charge is 2.37. The fourth-order valence-electron chi connectivity index (χ4n) is 2.60. The van der Waals surface area contributed by atoms with Crippen molar-refractivity contribution < 1.29 is 17.6 Å². The highest BCUT2D eigenvalue weighted by atomic mass is 35.5. The molecule has 0 spiro atoms. The molecule has 1 saturated heterocycles. The van der Waals surface area contributed by atoms with Gasteiger partial charge in [-0.25, -0.2) is 12.8 Å². The molecule has 8 heteroatoms. The number of amides is 1. The number of halogens is 2. The van der Waals surface area contributed by atoms with E-state index in [1.165, 1.54) is 17.3 Å². The average molecular weight is 349 g/mol. The number of sulfonamides is 1. The maximum absolute atomic E-state index is 13.5. The minimum Gasteiger partial charge on any atom is -0.369 e. The van der Waals surface area contributed by atoms with Crippen molar-refractivity contribution in [1.29, 1.82) is 0 Å². The molecule has 2 atom stereocenters. The first kappa shape index (κ1) is 17.2. The van der Waals surface area contributed by atoms with Crippen LogP contribution in [0.15, 0.2) is 17.0 Å². The number of primary amides is 1. The molecule has 22 heavy (non-hydrogen) atoms. The largest absolute Gasteiger partial charge is 0.369 e. The molecule has 1 aromatic rings. The van der Waals surface area contributed by atoms with Crippen molar-refractivity contribution in [3.8, 4) is 0 Å². The van der Waals surface area contributed by atoms with E-state index in [-0.39, 0.29) is 28.1 Å². The van der Waals surface area contributed by atoms with E-state index >= 15 is 0 Å². The Balaban J connectivity index is 2.45. The lowest BCUT2D eigenvalue weighted by Gasteiger charge is -2.36. The van der Waals surface area contributed by atoms with Gasteiger partial charge in [0, 0.05) is 12.6 Å². The molecule has 1 fully saturated rings. The lowest BCUT2D eigenvalue weighted by Crippen LogP contribution is -2.48. The molecule has 1 aromatic carbocycles. The third-order valence-electron chi connectivity index (χ3n) is 4.03. The lowest BCUT2D eigenvalue weighted by molar-refractivity contribution is -0.123. The molecule has 2 rings (SSSR count). The van der Waals surface area contributed by atoms with Crippen molar-refractivity contribution in [3.05, 3.63) is 28.5 Å². The summed E-state index contributed by atoms with van der Waals surface area (Å²) in [5, 5.41) is -0.170. The number of hydrogen-bond donors (Lipinski definition) is 1. The number of rotatable bonds is 3. The van der Waals surface area contributed by atoms with Gasteiger partial charge in [-0.1, -0.05) is 11.6 Å². The van der Waals surface area contributed by atoms with Gasteiger partial charge in [-0.2, -0.15) is 4.31 Å². The molecule has 1 aliphatic heterocycles. The average Bonchev–Trinajstić information content (AvgIpc) is 2.42. The van der Waals surface area contributed by atoms with E-state index in [1.807, 2.05) is 0 Å². The lowest BCUT2D eigenvalue weighted by atomic mass is 9.95. The maximum Gasteiger partial charge on any atom is 0.244 e. The van der Waals surface area contributed by atoms with Crippen molar-refractivity contribution in [2.75, 3.05) is 6.54 Å². The number of benzene rings is 1. The topological polar surface area (TPSA) is 80.5 Å². The van der Waals surface area contributed by atoms with Crippen molar-refractivity contribution >= 4 is 27.5 Å². The van der Waals surface area contributed by atoms with Crippen molar-refractivity contribution in [3.63, 3.8) is 0 Å². The van der Waals surface area contributed by atoms with Gasteiger partial charge in [-0.15, -0.1) is 0 Å². The Morgan fingerprint density at radius 3 is 2.64 bits per heavy atom. The van der Waals surface area contributed by atoms with E-state index in [2.05, 4.69) is 0 Å². The zero-order chi connectivity index (χ0) is 16.7. The van der Waals surface area contributed by atoms with Crippen LogP contribution in [0.1, 0.15) is 25.3 Å². The van der Waals surface area contributed by atoms with E-state index in [4.69, 9.17) is 17.3 Å². The van der Waals surface area contributed by atoms with Gasteiger partial charge in [0.05, 0.1) is 10.9 Å². The van der Waals surface area contributed by atoms with Crippen LogP contribution in [0.4, 0.5) is 4.39 Å². The van der Waals surface area contributed by atoms with Crippen LogP contribution >= 0.6 is 11.6 Å². The van der Waals surface area contributed by atoms with Gasteiger partial charge in [0.15, 0.2) is 0 Å². The standard InChI is InChI=1S/C14H18ClFN2O3S/c1-8-5-13(11(15)6-12(8)16)22(20,21)18-7-10(14(17)19)4-3-9(18)2/h5-6,9-10H,3-4,7H2,1-2H3,(H2,17,19). The summed E-state index contributed by atoms with van der Waals surface area (Å²) in [4.78, 5) is 11.2. The number of piperidine rings is 1. The summed E-state index contributed by atoms with van der Waals surface area (Å²) in [5.41, 5.74) is 5.49. The fourth-order valence-corrected chi connectivity index (χ4v) is 4.88. The smallest absolute Gasteiger partial charge is 0.244 e. The molecular formula is C14H18ClFN2O3S. The van der Waals surface area contributed by atoms with Crippen LogP contribution < -0.4 is 5.73 Å². The molecule has 0 bridgehead atoms. The molecule has 1 aliphatic rings. The maximum atomic E-state index is 13.5. The van der Waals surface area contributed by atoms with Crippen molar-refractivity contribution in [1.82, 2.24) is 4.31 Å². The molecular weight excluding hydrogens is 331 g/mol. The first-order valence-electron chi connectivity index (χ1n) is 6.91. The van der Waals surface area contributed by atoms with E-state index in [9.17, 15) is 17.6 Å². The zero-order valence-corrected chi connectivity index (χ0v) is 13.9. The number of nitrogens with two attached hydrogens (primary N) is 1.